The molecule has 0 atom stereocenters. The van der Waals surface area contributed by atoms with Crippen molar-refractivity contribution in [3.8, 4) is 5.75 Å². The number of piperazine rings is 1. The van der Waals surface area contributed by atoms with Gasteiger partial charge in [0.05, 0.1) is 17.3 Å². The fraction of sp³-hybridized carbons (Fsp3) is 0.364. The van der Waals surface area contributed by atoms with Gasteiger partial charge < -0.3 is 14.5 Å². The number of aromatic nitrogens is 1. The molecule has 1 amide bonds. The molecule has 0 saturated carbocycles. The van der Waals surface area contributed by atoms with E-state index in [4.69, 9.17) is 9.72 Å². The van der Waals surface area contributed by atoms with Gasteiger partial charge in [0, 0.05) is 48.1 Å². The van der Waals surface area contributed by atoms with E-state index in [-0.39, 0.29) is 5.91 Å². The van der Waals surface area contributed by atoms with Crippen LogP contribution in [-0.4, -0.2) is 61.1 Å². The number of thiazole rings is 1. The summed E-state index contributed by atoms with van der Waals surface area (Å²) in [6, 6.07) is 14.3. The highest BCUT2D eigenvalue weighted by Gasteiger charge is 2.23. The van der Waals surface area contributed by atoms with E-state index < -0.39 is 0 Å². The quantitative estimate of drug-likeness (QED) is 0.470. The van der Waals surface area contributed by atoms with Gasteiger partial charge in [0.25, 0.3) is 0 Å². The van der Waals surface area contributed by atoms with Crippen molar-refractivity contribution in [1.29, 1.82) is 0 Å². The summed E-state index contributed by atoms with van der Waals surface area (Å²) in [4.78, 5) is 24.2. The first-order valence-corrected chi connectivity index (χ1v) is 12.9. The molecule has 1 aliphatic heterocycles. The minimum Gasteiger partial charge on any atom is -0.497 e. The summed E-state index contributed by atoms with van der Waals surface area (Å²) in [5.74, 6) is 1.89. The lowest BCUT2D eigenvalue weighted by molar-refractivity contribution is -0.131. The molecule has 30 heavy (non-hydrogen) atoms. The number of amides is 1. The number of methoxy groups -OCH3 is 1. The molecule has 2 aromatic carbocycles. The molecule has 8 heteroatoms. The van der Waals surface area contributed by atoms with E-state index in [2.05, 4.69) is 29.4 Å². The van der Waals surface area contributed by atoms with Crippen LogP contribution in [0.4, 0.5) is 5.13 Å². The predicted octanol–water partition coefficient (Wildman–Crippen LogP) is 4.86. The molecule has 158 valence electrons. The zero-order chi connectivity index (χ0) is 20.9. The first-order chi connectivity index (χ1) is 14.7. The van der Waals surface area contributed by atoms with Crippen LogP contribution in [0.1, 0.15) is 6.42 Å². The van der Waals surface area contributed by atoms with Crippen LogP contribution in [0.25, 0.3) is 10.2 Å². The number of benzene rings is 2. The lowest BCUT2D eigenvalue weighted by Gasteiger charge is -2.34. The van der Waals surface area contributed by atoms with Gasteiger partial charge in [-0.15, -0.1) is 23.5 Å². The van der Waals surface area contributed by atoms with E-state index >= 15 is 0 Å². The Hall–Kier alpha value is -1.90. The van der Waals surface area contributed by atoms with Crippen LogP contribution in [0.5, 0.6) is 5.75 Å². The van der Waals surface area contributed by atoms with Gasteiger partial charge in [0.2, 0.25) is 5.91 Å². The molecule has 3 aromatic rings. The predicted molar refractivity (Wildman–Crippen MR) is 129 cm³/mol. The molecule has 4 rings (SSSR count). The number of para-hydroxylation sites is 1. The second-order valence-electron chi connectivity index (χ2n) is 6.95. The maximum atomic E-state index is 12.6. The number of rotatable bonds is 7. The molecule has 1 fully saturated rings. The van der Waals surface area contributed by atoms with Crippen molar-refractivity contribution in [1.82, 2.24) is 9.88 Å². The molecule has 1 aliphatic rings. The Kier molecular flexibility index (Phi) is 7.07. The molecule has 1 saturated heterocycles. The Bertz CT molecular complexity index is 999. The number of hydrogen-bond donors (Lipinski definition) is 0. The molecule has 0 spiro atoms. The molecular formula is C22H25N3O2S3. The Morgan fingerprint density at radius 3 is 2.60 bits per heavy atom. The van der Waals surface area contributed by atoms with Gasteiger partial charge in [-0.25, -0.2) is 4.98 Å². The van der Waals surface area contributed by atoms with Gasteiger partial charge in [-0.3, -0.25) is 4.79 Å². The number of ether oxygens (including phenoxy) is 1. The SMILES string of the molecule is COc1ccc(SCCC(=O)N2CCN(c3nc4c(SC)cccc4s3)CC2)cc1. The Morgan fingerprint density at radius 1 is 1.13 bits per heavy atom. The maximum absolute atomic E-state index is 12.6. The van der Waals surface area contributed by atoms with Crippen molar-refractivity contribution < 1.29 is 9.53 Å². The molecule has 0 radical (unpaired) electrons. The number of carbonyl (C=O) groups excluding carboxylic acids is 1. The van der Waals surface area contributed by atoms with Gasteiger partial charge >= 0.3 is 0 Å². The van der Waals surface area contributed by atoms with Crippen molar-refractivity contribution in [2.45, 2.75) is 16.2 Å². The number of hydrogen-bond acceptors (Lipinski definition) is 7. The summed E-state index contributed by atoms with van der Waals surface area (Å²) < 4.78 is 6.41. The van der Waals surface area contributed by atoms with E-state index in [0.717, 1.165) is 53.2 Å². The van der Waals surface area contributed by atoms with Crippen molar-refractivity contribution in [3.05, 3.63) is 42.5 Å². The van der Waals surface area contributed by atoms with Crippen LogP contribution in [0.15, 0.2) is 52.3 Å². The monoisotopic (exact) mass is 459 g/mol. The first kappa shape index (κ1) is 21.3. The molecule has 1 aromatic heterocycles. The molecular weight excluding hydrogens is 434 g/mol. The lowest BCUT2D eigenvalue weighted by atomic mass is 10.3. The zero-order valence-electron chi connectivity index (χ0n) is 17.2. The molecule has 5 nitrogen and oxygen atoms in total. The highest BCUT2D eigenvalue weighted by Crippen LogP contribution is 2.34. The third kappa shape index (κ3) is 4.87. The van der Waals surface area contributed by atoms with Crippen LogP contribution in [0.3, 0.4) is 0 Å². The van der Waals surface area contributed by atoms with E-state index in [9.17, 15) is 4.79 Å². The van der Waals surface area contributed by atoms with Crippen molar-refractivity contribution in [3.63, 3.8) is 0 Å². The number of thioether (sulfide) groups is 2. The normalized spacial score (nSPS) is 14.3. The fourth-order valence-electron chi connectivity index (χ4n) is 3.44. The number of nitrogens with zero attached hydrogens (tertiary/aromatic N) is 3. The van der Waals surface area contributed by atoms with Gasteiger partial charge in [0.1, 0.15) is 5.75 Å². The number of fused-ring (bicyclic) bond motifs is 1. The van der Waals surface area contributed by atoms with Gasteiger partial charge in [-0.2, -0.15) is 0 Å². The smallest absolute Gasteiger partial charge is 0.223 e. The molecule has 0 unspecified atom stereocenters. The zero-order valence-corrected chi connectivity index (χ0v) is 19.6. The van der Waals surface area contributed by atoms with Crippen LogP contribution in [0.2, 0.25) is 0 Å². The van der Waals surface area contributed by atoms with Crippen molar-refractivity contribution in [2.24, 2.45) is 0 Å². The molecule has 0 aliphatic carbocycles. The van der Waals surface area contributed by atoms with E-state index in [0.29, 0.717) is 6.42 Å². The van der Waals surface area contributed by atoms with E-state index in [1.165, 1.54) is 9.60 Å². The lowest BCUT2D eigenvalue weighted by Crippen LogP contribution is -2.48. The third-order valence-electron chi connectivity index (χ3n) is 5.14. The van der Waals surface area contributed by atoms with Crippen molar-refractivity contribution >= 4 is 56.1 Å². The standard InChI is InChI=1S/C22H25N3O2S3/c1-27-16-6-8-17(9-7-16)29-15-10-20(26)24-11-13-25(14-12-24)22-23-21-18(28-2)4-3-5-19(21)30-22/h3-9H,10-15H2,1-2H3. The Labute approximate surface area is 189 Å². The van der Waals surface area contributed by atoms with Crippen LogP contribution < -0.4 is 9.64 Å². The minimum atomic E-state index is 0.240. The van der Waals surface area contributed by atoms with Crippen LogP contribution >= 0.6 is 34.9 Å². The largest absolute Gasteiger partial charge is 0.497 e. The highest BCUT2D eigenvalue weighted by atomic mass is 32.2. The molecule has 0 N–H and O–H groups in total. The number of carbonyl (C=O) groups is 1. The second-order valence-corrected chi connectivity index (χ2v) is 9.97. The molecule has 2 heterocycles. The van der Waals surface area contributed by atoms with Gasteiger partial charge in [-0.05, 0) is 42.7 Å². The number of anilines is 1. The highest BCUT2D eigenvalue weighted by molar-refractivity contribution is 7.99. The summed E-state index contributed by atoms with van der Waals surface area (Å²) in [7, 11) is 1.67. The summed E-state index contributed by atoms with van der Waals surface area (Å²) in [6.07, 6.45) is 2.65. The fourth-order valence-corrected chi connectivity index (χ4v) is 5.96. The first-order valence-electron chi connectivity index (χ1n) is 9.91. The van der Waals surface area contributed by atoms with E-state index in [1.54, 1.807) is 42.0 Å². The third-order valence-corrected chi connectivity index (χ3v) is 8.00. The Balaban J connectivity index is 1.27. The van der Waals surface area contributed by atoms with Crippen LogP contribution in [0, 0.1) is 0 Å². The summed E-state index contributed by atoms with van der Waals surface area (Å²) in [5.41, 5.74) is 1.10. The Morgan fingerprint density at radius 2 is 1.90 bits per heavy atom. The summed E-state index contributed by atoms with van der Waals surface area (Å²) in [6.45, 7) is 3.20. The second kappa shape index (κ2) is 9.94. The van der Waals surface area contributed by atoms with Crippen molar-refractivity contribution in [2.75, 3.05) is 50.2 Å². The van der Waals surface area contributed by atoms with Gasteiger partial charge in [-0.1, -0.05) is 17.4 Å². The average molecular weight is 460 g/mol. The topological polar surface area (TPSA) is 45.7 Å². The van der Waals surface area contributed by atoms with Gasteiger partial charge in [0.15, 0.2) is 5.13 Å². The maximum Gasteiger partial charge on any atom is 0.223 e. The summed E-state index contributed by atoms with van der Waals surface area (Å²) in [5, 5.41) is 1.06. The average Bonchev–Trinajstić information content (AvgIpc) is 3.24. The van der Waals surface area contributed by atoms with Crippen LogP contribution in [-0.2, 0) is 4.79 Å². The molecule has 0 bridgehead atoms. The van der Waals surface area contributed by atoms with E-state index in [1.807, 2.05) is 29.2 Å². The minimum absolute atomic E-state index is 0.240. The summed E-state index contributed by atoms with van der Waals surface area (Å²) >= 11 is 5.19.